The van der Waals surface area contributed by atoms with E-state index in [1.54, 1.807) is 62.5 Å². The van der Waals surface area contributed by atoms with E-state index in [2.05, 4.69) is 106 Å². The highest BCUT2D eigenvalue weighted by molar-refractivity contribution is 5.95. The number of rotatable bonds is 9. The summed E-state index contributed by atoms with van der Waals surface area (Å²) in [6.07, 6.45) is 24.4. The number of allylic oxidation sites excluding steroid dienone is 2. The van der Waals surface area contributed by atoms with Gasteiger partial charge in [-0.25, -0.2) is 43.7 Å². The summed E-state index contributed by atoms with van der Waals surface area (Å²) in [4.78, 5) is 55.2. The van der Waals surface area contributed by atoms with Gasteiger partial charge in [-0.05, 0) is 220 Å². The Morgan fingerprint density at radius 2 is 1.02 bits per heavy atom. The van der Waals surface area contributed by atoms with Crippen LogP contribution in [0.3, 0.4) is 0 Å². The number of anilines is 1. The number of carbonyl (C=O) groups excluding carboxylic acids is 1. The van der Waals surface area contributed by atoms with Crippen molar-refractivity contribution in [1.82, 2.24) is 30.2 Å². The number of nitrogens with one attached hydrogen (secondary N) is 1. The molecule has 13 heterocycles. The van der Waals surface area contributed by atoms with Crippen LogP contribution < -0.4 is 56.8 Å². The molecule has 0 bridgehead atoms. The quantitative estimate of drug-likeness (QED) is 0.0838. The first kappa shape index (κ1) is 85.2. The third-order valence-electron chi connectivity index (χ3n) is 25.1. The topological polar surface area (TPSA) is 333 Å². The Labute approximate surface area is 757 Å². The van der Waals surface area contributed by atoms with E-state index in [0.717, 1.165) is 153 Å². The number of aliphatic imine (C=N–C) groups is 4. The van der Waals surface area contributed by atoms with Crippen LogP contribution in [0.25, 0.3) is 50.1 Å². The fourth-order valence-electron chi connectivity index (χ4n) is 18.5. The van der Waals surface area contributed by atoms with Gasteiger partial charge in [0.25, 0.3) is 30.0 Å². The van der Waals surface area contributed by atoms with Crippen molar-refractivity contribution in [1.29, 1.82) is 0 Å². The zero-order valence-electron chi connectivity index (χ0n) is 72.5. The number of aromatic nitrogens is 5. The first-order valence-electron chi connectivity index (χ1n) is 43.4. The van der Waals surface area contributed by atoms with E-state index >= 15 is 8.78 Å². The summed E-state index contributed by atoms with van der Waals surface area (Å²) in [5, 5.41) is 3.04. The maximum Gasteiger partial charge on any atom is 0.283 e. The van der Waals surface area contributed by atoms with Crippen LogP contribution in [0.15, 0.2) is 246 Å². The van der Waals surface area contributed by atoms with E-state index in [4.69, 9.17) is 85.5 Å². The predicted octanol–water partition coefficient (Wildman–Crippen LogP) is 19.0. The van der Waals surface area contributed by atoms with Crippen LogP contribution in [-0.2, 0) is 41.1 Å². The Hall–Kier alpha value is -15.2. The van der Waals surface area contributed by atoms with Crippen LogP contribution in [0.1, 0.15) is 159 Å². The number of benzene rings is 8. The highest BCUT2D eigenvalue weighted by Crippen LogP contribution is 2.58. The maximum atomic E-state index is 15.6. The van der Waals surface area contributed by atoms with Crippen LogP contribution in [0.2, 0.25) is 0 Å². The van der Waals surface area contributed by atoms with Crippen molar-refractivity contribution in [3.8, 4) is 108 Å². The number of carbonyl (C=O) groups is 1. The predicted molar refractivity (Wildman–Crippen MR) is 498 cm³/mol. The van der Waals surface area contributed by atoms with Gasteiger partial charge in [-0.3, -0.25) is 14.8 Å². The van der Waals surface area contributed by atoms with Crippen LogP contribution in [0, 0.1) is 34.3 Å². The molecule has 0 unspecified atom stereocenters. The maximum absolute atomic E-state index is 15.6. The number of amidine groups is 4. The third-order valence-corrected chi connectivity index (χ3v) is 25.1. The molecule has 8 aromatic carbocycles. The highest BCUT2D eigenvalue weighted by Gasteiger charge is 2.53. The minimum Gasteiger partial charge on any atom is -0.495 e. The summed E-state index contributed by atoms with van der Waals surface area (Å²) < 4.78 is 83.5. The van der Waals surface area contributed by atoms with Crippen LogP contribution >= 0.6 is 0 Å². The number of ether oxygens (including phenoxy) is 9. The lowest BCUT2D eigenvalue weighted by Crippen LogP contribution is -2.40. The fraction of sp³-hybridized carbons (Fsp3) is 0.269. The second-order valence-electron chi connectivity index (χ2n) is 35.8. The molecule has 25 nitrogen and oxygen atoms in total. The minimum atomic E-state index is -0.999. The number of pyridine rings is 3. The van der Waals surface area contributed by atoms with E-state index in [1.807, 2.05) is 140 Å². The van der Waals surface area contributed by atoms with Crippen LogP contribution in [0.5, 0.6) is 51.9 Å². The Balaban J connectivity index is 0.000000113. The van der Waals surface area contributed by atoms with Gasteiger partial charge in [-0.1, -0.05) is 99.9 Å². The van der Waals surface area contributed by atoms with Crippen LogP contribution in [-0.4, -0.2) is 108 Å². The Bertz CT molecular complexity index is 6790. The molecule has 27 heteroatoms. The Morgan fingerprint density at radius 1 is 0.504 bits per heavy atom. The molecule has 11 aliphatic rings. The first-order valence-corrected chi connectivity index (χ1v) is 43.4. The second kappa shape index (κ2) is 33.8. The number of fused-ring (bicyclic) bond motifs is 16. The molecule has 23 rings (SSSR count). The van der Waals surface area contributed by atoms with Gasteiger partial charge in [0, 0.05) is 140 Å². The van der Waals surface area contributed by atoms with Crippen molar-refractivity contribution in [2.75, 3.05) is 51.5 Å². The molecule has 2 fully saturated rings. The molecule has 2 aliphatic carbocycles. The Kier molecular flexibility index (Phi) is 22.0. The van der Waals surface area contributed by atoms with E-state index in [0.29, 0.717) is 57.1 Å². The number of methoxy groups -OCH3 is 1. The molecule has 1 amide bonds. The van der Waals surface area contributed by atoms with E-state index in [9.17, 15) is 4.79 Å². The lowest BCUT2D eigenvalue weighted by atomic mass is 9.79. The number of nitrogens with two attached hydrogens (primary N) is 4. The van der Waals surface area contributed by atoms with Gasteiger partial charge in [-0.2, -0.15) is 0 Å². The monoisotopic (exact) mass is 1750 g/mol. The molecule has 4 spiro atoms. The molecule has 1 saturated heterocycles. The van der Waals surface area contributed by atoms with Gasteiger partial charge in [0.1, 0.15) is 67.3 Å². The zero-order valence-corrected chi connectivity index (χ0v) is 72.5. The molecule has 4 aromatic heterocycles. The summed E-state index contributed by atoms with van der Waals surface area (Å²) in [5.74, 6) is 10.2. The summed E-state index contributed by atoms with van der Waals surface area (Å²) in [7, 11) is 1.62. The van der Waals surface area contributed by atoms with Gasteiger partial charge >= 0.3 is 0 Å². The summed E-state index contributed by atoms with van der Waals surface area (Å²) in [6, 6.07) is 54.8. The summed E-state index contributed by atoms with van der Waals surface area (Å²) >= 11 is 0. The zero-order chi connectivity index (χ0) is 89.4. The van der Waals surface area contributed by atoms with E-state index < -0.39 is 33.8 Å². The number of nitrogens with zero attached hydrogens (tertiary/aromatic N) is 10. The number of halogens is 2. The molecule has 9 N–H and O–H groups in total. The van der Waals surface area contributed by atoms with Gasteiger partial charge in [0.2, 0.25) is 5.88 Å². The molecule has 9 aliphatic heterocycles. The summed E-state index contributed by atoms with van der Waals surface area (Å²) in [6.45, 7) is 13.3. The molecule has 4 atom stereocenters. The molecule has 131 heavy (non-hydrogen) atoms. The average molecular weight is 1760 g/mol. The standard InChI is InChI=1S/C26H26FN5O2.C26H22FN3O2.C26H24N4O3.C25H21N3O3.CH4/c1-25(2)6-3-7-32(13-25)18-9-20-23(21(27)10-18)34-22-5-4-16(17-11-29-15-30-12-17)8-19(22)26(20)14-33-24(28)31-26;27-22-13-19(16-5-2-1-3-6-16)12-21-24(22)32-23-9-8-17(18-7-4-10-29-14-18)11-20(23)26(21)15-31-25(28)30-26;1-25(2,3)8-7-16-9-21-23(29-12-16)33-22-6-5-17(18-10-19(31-4)14-28-13-18)11-20(22)26(21)15-32-24(27)30-26;26-24-28-25(14-30-24)19-12-16(15-4-2-1-3-5-15)6-10-21(19)31-22-11-7-17(13-20(22)25)23(29)27-18-8-9-18;/h4-5,8-12,15H,3,6-7,13-14H2,1-2H3,(H2,28,31);4-5,7-14H,1-3,6,15H2,(H2,28,30);5-6,9-14H,15H2,1-4H3,(H2,27,30);1-7,10-13,18H,8-9,14H2,(H2,26,28)(H,27,29);1H4/t3*26-;25-;/m0001./s1. The number of piperidine rings is 1. The average Bonchev–Trinajstić information content (AvgIpc) is 1.72. The van der Waals surface area contributed by atoms with Crippen molar-refractivity contribution in [2.24, 2.45) is 53.7 Å². The number of hydrogen-bond donors (Lipinski definition) is 5. The lowest BCUT2D eigenvalue weighted by Gasteiger charge is -2.40. The molecular formula is C104H97F2N15O10. The molecular weight excluding hydrogens is 1660 g/mol. The lowest BCUT2D eigenvalue weighted by molar-refractivity contribution is 0.0950. The van der Waals surface area contributed by atoms with Gasteiger partial charge < -0.3 is 75.8 Å². The fourth-order valence-corrected chi connectivity index (χ4v) is 18.5. The largest absolute Gasteiger partial charge is 0.495 e. The molecule has 1 saturated carbocycles. The number of amides is 1. The van der Waals surface area contributed by atoms with Crippen molar-refractivity contribution >= 4 is 41.3 Å². The molecule has 12 aromatic rings. The van der Waals surface area contributed by atoms with E-state index in [-0.39, 0.29) is 92.2 Å². The van der Waals surface area contributed by atoms with Crippen molar-refractivity contribution < 1.29 is 56.2 Å². The van der Waals surface area contributed by atoms with E-state index in [1.165, 1.54) is 18.3 Å². The van der Waals surface area contributed by atoms with Gasteiger partial charge in [0.05, 0.1) is 18.9 Å². The van der Waals surface area contributed by atoms with Crippen LogP contribution in [0.4, 0.5) is 14.5 Å². The first-order chi connectivity index (χ1) is 62.9. The smallest absolute Gasteiger partial charge is 0.283 e. The Morgan fingerprint density at radius 3 is 1.58 bits per heavy atom. The number of hydrogen-bond acceptors (Lipinski definition) is 24. The second-order valence-corrected chi connectivity index (χ2v) is 35.8. The van der Waals surface area contributed by atoms with Gasteiger partial charge in [0.15, 0.2) is 45.3 Å². The van der Waals surface area contributed by atoms with Crippen molar-refractivity contribution in [3.05, 3.63) is 298 Å². The minimum absolute atomic E-state index is 0. The normalized spacial score (nSPS) is 20.5. The van der Waals surface area contributed by atoms with Gasteiger partial charge in [-0.15, -0.1) is 0 Å². The third kappa shape index (κ3) is 16.3. The van der Waals surface area contributed by atoms with Crippen molar-refractivity contribution in [2.45, 2.75) is 122 Å². The van der Waals surface area contributed by atoms with Crippen molar-refractivity contribution in [3.63, 3.8) is 0 Å². The molecule has 0 radical (unpaired) electrons. The molecule has 662 valence electrons. The highest BCUT2D eigenvalue weighted by atomic mass is 19.1. The SMILES string of the molecule is C.CC1(C)CCCN(c2cc(F)c3c(c2)[C@]2(COC(N)=N2)c2cc(-c4cncnc4)ccc2O3)C1.COc1cncc(-c2ccc3c(c2)[C@@]2(COC(N)=N2)c2cc(C#CC(C)(C)C)cnc2O3)c1.NC1=N[C@@]2(CO1)c1cc(-c3cccnc3)ccc1Oc1c(F)cc(C3=CCCCC3)cc12.NC1=N[C@@]2(CO1)c1cc(C(=O)NC3CC3)ccc1Oc1ccc(-c3ccccc3)cc12. The summed E-state index contributed by atoms with van der Waals surface area (Å²) in [5.41, 5.74) is 38.4.